The Balaban J connectivity index is 2.66. The van der Waals surface area contributed by atoms with Gasteiger partial charge in [0.1, 0.15) is 5.52 Å². The van der Waals surface area contributed by atoms with Crippen LogP contribution in [0, 0.1) is 0 Å². The maximum absolute atomic E-state index is 9.84. The molecule has 0 aliphatic rings. The predicted octanol–water partition coefficient (Wildman–Crippen LogP) is 2.33. The van der Waals surface area contributed by atoms with Gasteiger partial charge in [-0.15, -0.1) is 0 Å². The molecule has 2 aromatic rings. The maximum atomic E-state index is 9.84. The largest absolute Gasteiger partial charge is 0.503 e. The zero-order valence-electron chi connectivity index (χ0n) is 9.06. The van der Waals surface area contributed by atoms with E-state index in [4.69, 9.17) is 4.74 Å². The minimum absolute atomic E-state index is 0.106. The summed E-state index contributed by atoms with van der Waals surface area (Å²) in [5.74, 6) is 0.561. The first-order valence-corrected chi connectivity index (χ1v) is 4.88. The summed E-state index contributed by atoms with van der Waals surface area (Å²) in [6.45, 7) is 4.08. The van der Waals surface area contributed by atoms with Gasteiger partial charge in [0.2, 0.25) is 0 Å². The smallest absolute Gasteiger partial charge is 0.186 e. The molecule has 0 saturated heterocycles. The van der Waals surface area contributed by atoms with Crippen molar-refractivity contribution in [3.63, 3.8) is 0 Å². The number of phenols is 1. The second kappa shape index (κ2) is 3.46. The molecule has 0 spiro atoms. The second-order valence-electron chi connectivity index (χ2n) is 3.76. The Morgan fingerprint density at radius 1 is 1.40 bits per heavy atom. The summed E-state index contributed by atoms with van der Waals surface area (Å²) in [4.78, 5) is 0. The fourth-order valence-corrected chi connectivity index (χ4v) is 1.50. The zero-order chi connectivity index (χ0) is 11.0. The summed E-state index contributed by atoms with van der Waals surface area (Å²) < 4.78 is 6.85. The first-order chi connectivity index (χ1) is 7.13. The van der Waals surface area contributed by atoms with Gasteiger partial charge in [-0.05, 0) is 26.0 Å². The van der Waals surface area contributed by atoms with Crippen molar-refractivity contribution in [3.05, 3.63) is 18.3 Å². The van der Waals surface area contributed by atoms with Crippen molar-refractivity contribution in [2.45, 2.75) is 19.9 Å². The summed E-state index contributed by atoms with van der Waals surface area (Å²) in [7, 11) is 1.53. The van der Waals surface area contributed by atoms with Crippen molar-refractivity contribution in [1.82, 2.24) is 9.78 Å². The van der Waals surface area contributed by atoms with E-state index in [1.54, 1.807) is 6.07 Å². The Morgan fingerprint density at radius 3 is 2.73 bits per heavy atom. The molecule has 0 radical (unpaired) electrons. The lowest BCUT2D eigenvalue weighted by atomic mass is 10.2. The number of aromatic nitrogens is 2. The van der Waals surface area contributed by atoms with E-state index in [-0.39, 0.29) is 11.8 Å². The maximum Gasteiger partial charge on any atom is 0.186 e. The molecular formula is C11H14N2O2. The van der Waals surface area contributed by atoms with Gasteiger partial charge in [-0.1, -0.05) is 0 Å². The zero-order valence-corrected chi connectivity index (χ0v) is 9.06. The molecule has 0 bridgehead atoms. The lowest BCUT2D eigenvalue weighted by Gasteiger charge is -2.03. The number of fused-ring (bicyclic) bond motifs is 1. The Labute approximate surface area is 88.1 Å². The van der Waals surface area contributed by atoms with Gasteiger partial charge in [0.15, 0.2) is 11.5 Å². The molecule has 0 amide bonds. The van der Waals surface area contributed by atoms with Crippen LogP contribution < -0.4 is 4.74 Å². The van der Waals surface area contributed by atoms with Gasteiger partial charge in [0.05, 0.1) is 7.11 Å². The van der Waals surface area contributed by atoms with Crippen molar-refractivity contribution in [1.29, 1.82) is 0 Å². The van der Waals surface area contributed by atoms with Crippen LogP contribution in [-0.2, 0) is 0 Å². The molecule has 0 fully saturated rings. The van der Waals surface area contributed by atoms with E-state index in [1.165, 1.54) is 7.11 Å². The van der Waals surface area contributed by atoms with Crippen molar-refractivity contribution in [2.24, 2.45) is 0 Å². The number of benzene rings is 1. The molecule has 80 valence electrons. The van der Waals surface area contributed by atoms with Gasteiger partial charge < -0.3 is 9.84 Å². The molecule has 1 heterocycles. The molecule has 2 rings (SSSR count). The Morgan fingerprint density at radius 2 is 2.13 bits per heavy atom. The molecule has 1 N–H and O–H groups in total. The lowest BCUT2D eigenvalue weighted by molar-refractivity contribution is 0.375. The van der Waals surface area contributed by atoms with E-state index in [1.807, 2.05) is 30.8 Å². The third-order valence-corrected chi connectivity index (χ3v) is 2.38. The fourth-order valence-electron chi connectivity index (χ4n) is 1.50. The monoisotopic (exact) mass is 206 g/mol. The third-order valence-electron chi connectivity index (χ3n) is 2.38. The van der Waals surface area contributed by atoms with Crippen molar-refractivity contribution in [3.8, 4) is 11.5 Å². The van der Waals surface area contributed by atoms with E-state index >= 15 is 0 Å². The number of methoxy groups -OCH3 is 1. The lowest BCUT2D eigenvalue weighted by Crippen LogP contribution is -1.99. The number of phenolic OH excluding ortho intramolecular Hbond substituents is 1. The summed E-state index contributed by atoms with van der Waals surface area (Å²) in [5.41, 5.74) is 0.586. The number of ether oxygens (including phenoxy) is 1. The number of nitrogens with zero attached hydrogens (tertiary/aromatic N) is 2. The third kappa shape index (κ3) is 1.52. The molecule has 0 aliphatic heterocycles. The van der Waals surface area contributed by atoms with Crippen molar-refractivity contribution >= 4 is 10.9 Å². The Hall–Kier alpha value is -1.71. The van der Waals surface area contributed by atoms with E-state index in [0.717, 1.165) is 5.39 Å². The SMILES string of the molecule is COc1ccc2cn(C(C)C)nc2c1O. The van der Waals surface area contributed by atoms with Crippen LogP contribution in [0.15, 0.2) is 18.3 Å². The van der Waals surface area contributed by atoms with Crippen molar-refractivity contribution < 1.29 is 9.84 Å². The molecule has 1 aromatic carbocycles. The number of hydrogen-bond acceptors (Lipinski definition) is 3. The number of aromatic hydroxyl groups is 1. The minimum atomic E-state index is 0.106. The standard InChI is InChI=1S/C11H14N2O2/c1-7(2)13-6-8-4-5-9(15-3)11(14)10(8)12-13/h4-7,14H,1-3H3. The summed E-state index contributed by atoms with van der Waals surface area (Å²) >= 11 is 0. The van der Waals surface area contributed by atoms with Crippen LogP contribution in [0.5, 0.6) is 11.5 Å². The van der Waals surface area contributed by atoms with Gasteiger partial charge in [-0.3, -0.25) is 4.68 Å². The highest BCUT2D eigenvalue weighted by Gasteiger charge is 2.11. The van der Waals surface area contributed by atoms with Gasteiger partial charge in [0.25, 0.3) is 0 Å². The molecule has 15 heavy (non-hydrogen) atoms. The second-order valence-corrected chi connectivity index (χ2v) is 3.76. The first kappa shape index (κ1) is 9.83. The summed E-state index contributed by atoms with van der Waals surface area (Å²) in [6.07, 6.45) is 1.92. The number of rotatable bonds is 2. The molecule has 0 unspecified atom stereocenters. The normalized spacial score (nSPS) is 11.2. The van der Waals surface area contributed by atoms with E-state index in [0.29, 0.717) is 11.3 Å². The van der Waals surface area contributed by atoms with Crippen molar-refractivity contribution in [2.75, 3.05) is 7.11 Å². The van der Waals surface area contributed by atoms with Crippen LogP contribution in [0.25, 0.3) is 10.9 Å². The predicted molar refractivity (Wildman–Crippen MR) is 58.3 cm³/mol. The molecule has 4 heteroatoms. The topological polar surface area (TPSA) is 47.3 Å². The van der Waals surface area contributed by atoms with E-state index in [9.17, 15) is 5.11 Å². The first-order valence-electron chi connectivity index (χ1n) is 4.88. The number of hydrogen-bond donors (Lipinski definition) is 1. The van der Waals surface area contributed by atoms with Gasteiger partial charge in [0, 0.05) is 17.6 Å². The molecule has 1 aromatic heterocycles. The van der Waals surface area contributed by atoms with Gasteiger partial charge >= 0.3 is 0 Å². The van der Waals surface area contributed by atoms with Crippen LogP contribution >= 0.6 is 0 Å². The summed E-state index contributed by atoms with van der Waals surface area (Å²) in [5, 5.41) is 15.1. The molecule has 4 nitrogen and oxygen atoms in total. The highest BCUT2D eigenvalue weighted by Crippen LogP contribution is 2.33. The van der Waals surface area contributed by atoms with Crippen LogP contribution in [0.1, 0.15) is 19.9 Å². The Bertz CT molecular complexity index is 489. The summed E-state index contributed by atoms with van der Waals surface area (Å²) in [6, 6.07) is 3.91. The van der Waals surface area contributed by atoms with E-state index in [2.05, 4.69) is 5.10 Å². The average Bonchev–Trinajstić information content (AvgIpc) is 2.63. The van der Waals surface area contributed by atoms with Crippen LogP contribution in [0.3, 0.4) is 0 Å². The highest BCUT2D eigenvalue weighted by molar-refractivity contribution is 5.86. The van der Waals surface area contributed by atoms with Gasteiger partial charge in [-0.25, -0.2) is 0 Å². The van der Waals surface area contributed by atoms with E-state index < -0.39 is 0 Å². The van der Waals surface area contributed by atoms with Crippen LogP contribution in [0.4, 0.5) is 0 Å². The van der Waals surface area contributed by atoms with Crippen LogP contribution in [0.2, 0.25) is 0 Å². The molecular weight excluding hydrogens is 192 g/mol. The highest BCUT2D eigenvalue weighted by atomic mass is 16.5. The van der Waals surface area contributed by atoms with Gasteiger partial charge in [-0.2, -0.15) is 5.10 Å². The molecule has 0 aliphatic carbocycles. The fraction of sp³-hybridized carbons (Fsp3) is 0.364. The molecule has 0 atom stereocenters. The minimum Gasteiger partial charge on any atom is -0.503 e. The average molecular weight is 206 g/mol. The van der Waals surface area contributed by atoms with Crippen LogP contribution in [-0.4, -0.2) is 22.0 Å². The Kier molecular flexibility index (Phi) is 2.26. The quantitative estimate of drug-likeness (QED) is 0.820. The molecule has 0 saturated carbocycles.